The number of ether oxygens (including phenoxy) is 3. The van der Waals surface area contributed by atoms with E-state index in [1.807, 2.05) is 114 Å². The molecule has 8 aromatic rings. The van der Waals surface area contributed by atoms with E-state index in [1.54, 1.807) is 36.4 Å². The largest absolute Gasteiger partial charge is 0.469 e. The van der Waals surface area contributed by atoms with Gasteiger partial charge in [0.05, 0.1) is 90.1 Å². The lowest BCUT2D eigenvalue weighted by molar-refractivity contribution is -0.145. The number of rotatable bonds is 21. The molecule has 0 saturated carbocycles. The molecule has 0 bridgehead atoms. The number of carbonyl (C=O) groups is 4. The molecule has 83 heavy (non-hydrogen) atoms. The third-order valence-corrected chi connectivity index (χ3v) is 17.1. The van der Waals surface area contributed by atoms with Gasteiger partial charge in [-0.1, -0.05) is 184 Å². The van der Waals surface area contributed by atoms with Crippen LogP contribution in [-0.2, 0) is 47.9 Å². The van der Waals surface area contributed by atoms with E-state index < -0.39 is 0 Å². The fourth-order valence-electron chi connectivity index (χ4n) is 7.55. The number of nitrogens with zero attached hydrogens (tertiary/aromatic N) is 3. The van der Waals surface area contributed by atoms with Gasteiger partial charge in [-0.05, 0) is 106 Å². The molecular formula is C60H55BrCl6N6O7S3. The molecule has 0 aliphatic heterocycles. The number of anilines is 2. The zero-order valence-electron chi connectivity index (χ0n) is 44.8. The van der Waals surface area contributed by atoms with Crippen LogP contribution in [-0.4, -0.2) is 80.4 Å². The summed E-state index contributed by atoms with van der Waals surface area (Å²) >= 11 is 42.9. The molecule has 6 aromatic carbocycles. The number of hydrogen-bond donors (Lipinski definition) is 3. The molecule has 0 aliphatic rings. The Balaban J connectivity index is 0.000000213. The molecule has 23 heteroatoms. The molecule has 2 heterocycles. The Kier molecular flexibility index (Phi) is 29.7. The Labute approximate surface area is 533 Å². The van der Waals surface area contributed by atoms with Gasteiger partial charge in [-0.15, -0.1) is 11.3 Å². The molecule has 434 valence electrons. The Bertz CT molecular complexity index is 3420. The van der Waals surface area contributed by atoms with E-state index in [4.69, 9.17) is 90.1 Å². The van der Waals surface area contributed by atoms with E-state index in [0.717, 1.165) is 59.9 Å². The van der Waals surface area contributed by atoms with Crippen LogP contribution in [0.4, 0.5) is 10.3 Å². The van der Waals surface area contributed by atoms with Gasteiger partial charge in [-0.2, -0.15) is 5.26 Å². The third kappa shape index (κ3) is 22.7. The predicted octanol–water partition coefficient (Wildman–Crippen LogP) is 16.3. The second-order valence-electron chi connectivity index (χ2n) is 17.6. The van der Waals surface area contributed by atoms with Gasteiger partial charge >= 0.3 is 17.9 Å². The molecule has 0 amide bonds. The van der Waals surface area contributed by atoms with Gasteiger partial charge in [0.1, 0.15) is 5.40 Å². The lowest BCUT2D eigenvalue weighted by Crippen LogP contribution is -2.26. The quantitative estimate of drug-likeness (QED) is 0.0266. The Hall–Kier alpha value is -5.72. The Morgan fingerprint density at radius 3 is 1.48 bits per heavy atom. The first kappa shape index (κ1) is 68.1. The number of ketones is 1. The summed E-state index contributed by atoms with van der Waals surface area (Å²) < 4.78 is 15.4. The Morgan fingerprint density at radius 1 is 0.590 bits per heavy atom. The molecule has 8 rings (SSSR count). The molecular weight excluding hydrogens is 1310 g/mol. The van der Waals surface area contributed by atoms with Gasteiger partial charge in [0.15, 0.2) is 16.0 Å². The number of nitrogens with one attached hydrogen (secondary N) is 2. The molecule has 0 spiro atoms. The summed E-state index contributed by atoms with van der Waals surface area (Å²) in [6.07, 6.45) is 1.84. The maximum atomic E-state index is 12.2. The number of esters is 3. The number of nitriles is 1. The first-order valence-electron chi connectivity index (χ1n) is 25.0. The van der Waals surface area contributed by atoms with Crippen molar-refractivity contribution in [3.8, 4) is 27.9 Å². The van der Waals surface area contributed by atoms with Crippen molar-refractivity contribution in [2.45, 2.75) is 19.3 Å². The number of benzene rings is 6. The average Bonchev–Trinajstić information content (AvgIpc) is 4.31. The van der Waals surface area contributed by atoms with Gasteiger partial charge in [-0.25, -0.2) is 9.97 Å². The third-order valence-electron chi connectivity index (χ3n) is 11.9. The smallest absolute Gasteiger partial charge is 0.310 e. The zero-order valence-corrected chi connectivity index (χ0v) is 53.3. The number of halogens is 7. The lowest BCUT2D eigenvalue weighted by Gasteiger charge is -2.15. The van der Waals surface area contributed by atoms with Crippen LogP contribution in [0.5, 0.6) is 0 Å². The summed E-state index contributed by atoms with van der Waals surface area (Å²) in [5, 5.41) is 22.7. The van der Waals surface area contributed by atoms with Crippen molar-refractivity contribution >= 4 is 154 Å². The number of carbonyl (C=O) groups excluding carboxylic acids is 4. The maximum absolute atomic E-state index is 12.2. The molecule has 2 aromatic heterocycles. The first-order valence-corrected chi connectivity index (χ1v) is 30.8. The molecule has 3 atom stereocenters. The summed E-state index contributed by atoms with van der Waals surface area (Å²) in [6, 6.07) is 45.0. The van der Waals surface area contributed by atoms with Crippen LogP contribution in [0, 0.1) is 28.4 Å². The summed E-state index contributed by atoms with van der Waals surface area (Å²) in [5.41, 5.74) is 12.6. The first-order chi connectivity index (χ1) is 40.0. The van der Waals surface area contributed by atoms with E-state index in [-0.39, 0.29) is 47.2 Å². The average molecular weight is 1360 g/mol. The molecule has 0 saturated heterocycles. The summed E-state index contributed by atoms with van der Waals surface area (Å²) in [5.74, 6) is -1.58. The fourth-order valence-corrected chi connectivity index (χ4v) is 11.0. The van der Waals surface area contributed by atoms with Crippen molar-refractivity contribution in [2.75, 3.05) is 57.4 Å². The molecule has 0 aliphatic carbocycles. The van der Waals surface area contributed by atoms with E-state index in [2.05, 4.69) is 41.3 Å². The van der Waals surface area contributed by atoms with Crippen LogP contribution in [0.3, 0.4) is 0 Å². The van der Waals surface area contributed by atoms with E-state index in [1.165, 1.54) is 50.1 Å². The standard InChI is InChI=1S/C20H17BrCl2N2O2S.C20H18Cl2N2O2S.C11H15NO2.C9H5Cl2NOS/c1-27-19(26)14(9-12-5-3-2-4-6-12)11-24-20-25-17(18(21)28-20)13-7-8-15(22)16(23)10-13;1-26-19(25)15(9-13-5-3-2-4-6-13)11-23-20-24-18(12-27-20)14-7-8-16(21)17(22)10-14;1-14-11(13)10(8-12)7-9-5-3-2-4-6-9;10-7-2-1-6(3-8(7)11)9(13)4-14-5-12/h2-8,10,14H,9,11H2,1H3,(H,24,25);2-8,10,12,15H,9,11H2,1H3,(H,23,24);2-6,10H,7-8,12H2,1H3;1-3H,4H2. The van der Waals surface area contributed by atoms with Gasteiger partial charge in [-0.3, -0.25) is 19.2 Å². The maximum Gasteiger partial charge on any atom is 0.310 e. The van der Waals surface area contributed by atoms with Gasteiger partial charge in [0, 0.05) is 41.7 Å². The van der Waals surface area contributed by atoms with Gasteiger partial charge in [0.2, 0.25) is 0 Å². The monoisotopic (exact) mass is 1360 g/mol. The van der Waals surface area contributed by atoms with Gasteiger partial charge in [0.25, 0.3) is 0 Å². The fraction of sp³-hybridized carbons (Fsp3) is 0.217. The highest BCUT2D eigenvalue weighted by molar-refractivity contribution is 9.11. The molecule has 4 N–H and O–H groups in total. The number of thioether (sulfide) groups is 1. The van der Waals surface area contributed by atoms with Crippen molar-refractivity contribution < 1.29 is 33.4 Å². The minimum absolute atomic E-state index is 0.130. The number of aromatic nitrogens is 2. The minimum atomic E-state index is -0.316. The lowest BCUT2D eigenvalue weighted by atomic mass is 9.99. The zero-order chi connectivity index (χ0) is 60.3. The van der Waals surface area contributed by atoms with Crippen LogP contribution in [0.15, 0.2) is 155 Å². The van der Waals surface area contributed by atoms with Crippen LogP contribution >= 0.6 is 120 Å². The van der Waals surface area contributed by atoms with Crippen LogP contribution in [0.1, 0.15) is 27.0 Å². The Morgan fingerprint density at radius 2 is 1.02 bits per heavy atom. The molecule has 0 fully saturated rings. The van der Waals surface area contributed by atoms with E-state index >= 15 is 0 Å². The summed E-state index contributed by atoms with van der Waals surface area (Å²) in [6.45, 7) is 1.18. The highest BCUT2D eigenvalue weighted by Gasteiger charge is 2.23. The number of nitrogens with two attached hydrogens (primary N) is 1. The van der Waals surface area contributed by atoms with Crippen LogP contribution in [0.25, 0.3) is 22.5 Å². The van der Waals surface area contributed by atoms with Crippen LogP contribution in [0.2, 0.25) is 30.1 Å². The second kappa shape index (κ2) is 36.2. The number of methoxy groups -OCH3 is 3. The van der Waals surface area contributed by atoms with Gasteiger partial charge < -0.3 is 30.6 Å². The van der Waals surface area contributed by atoms with Crippen molar-refractivity contribution in [2.24, 2.45) is 23.5 Å². The molecule has 13 nitrogen and oxygen atoms in total. The normalized spacial score (nSPS) is 11.5. The second-order valence-corrected chi connectivity index (χ2v) is 24.0. The number of Topliss-reactive ketones (excluding diaryl/α,β-unsaturated/α-hetero) is 1. The topological polar surface area (TPSA) is 196 Å². The van der Waals surface area contributed by atoms with Crippen molar-refractivity contribution in [3.63, 3.8) is 0 Å². The van der Waals surface area contributed by atoms with E-state index in [0.29, 0.717) is 79.7 Å². The van der Waals surface area contributed by atoms with Crippen molar-refractivity contribution in [1.29, 1.82) is 5.26 Å². The number of thiazole rings is 2. The number of thiocyanates is 1. The highest BCUT2D eigenvalue weighted by Crippen LogP contribution is 2.38. The highest BCUT2D eigenvalue weighted by atomic mass is 79.9. The molecule has 0 radical (unpaired) electrons. The van der Waals surface area contributed by atoms with Crippen LogP contribution < -0.4 is 16.4 Å². The minimum Gasteiger partial charge on any atom is -0.469 e. The van der Waals surface area contributed by atoms with Crippen molar-refractivity contribution in [3.05, 3.63) is 207 Å². The van der Waals surface area contributed by atoms with Crippen molar-refractivity contribution in [1.82, 2.24) is 9.97 Å². The predicted molar refractivity (Wildman–Crippen MR) is 345 cm³/mol. The molecule has 3 unspecified atom stereocenters. The summed E-state index contributed by atoms with van der Waals surface area (Å²) in [4.78, 5) is 56.1. The van der Waals surface area contributed by atoms with E-state index in [9.17, 15) is 19.2 Å². The SMILES string of the molecule is COC(=O)C(CN)Cc1ccccc1.COC(=O)C(CNc1nc(-c2ccc(Cl)c(Cl)c2)c(Br)s1)Cc1ccccc1.COC(=O)C(CNc1nc(-c2ccc(Cl)c(Cl)c2)cs1)Cc1ccccc1.N#CSCC(=O)c1ccc(Cl)c(Cl)c1. The number of hydrogen-bond acceptors (Lipinski definition) is 16. The summed E-state index contributed by atoms with van der Waals surface area (Å²) in [7, 11) is 4.20.